The largest absolute Gasteiger partial charge is 0.478 e. The average Bonchev–Trinajstić information content (AvgIpc) is 3.06. The van der Waals surface area contributed by atoms with Gasteiger partial charge in [-0.2, -0.15) is 0 Å². The Kier molecular flexibility index (Phi) is 5.08. The Bertz CT molecular complexity index is 1220. The van der Waals surface area contributed by atoms with Crippen LogP contribution in [0.25, 0.3) is 10.8 Å². The predicted molar refractivity (Wildman–Crippen MR) is 113 cm³/mol. The molecule has 140 valence electrons. The van der Waals surface area contributed by atoms with E-state index in [1.807, 2.05) is 12.1 Å². The highest BCUT2D eigenvalue weighted by Crippen LogP contribution is 2.19. The van der Waals surface area contributed by atoms with Gasteiger partial charge in [-0.1, -0.05) is 60.7 Å². The molecule has 0 saturated carbocycles. The Morgan fingerprint density at radius 1 is 1.00 bits per heavy atom. The molecule has 1 N–H and O–H groups in total. The molecule has 4 aromatic rings. The van der Waals surface area contributed by atoms with Crippen LogP contribution in [-0.4, -0.2) is 15.6 Å². The second kappa shape index (κ2) is 7.82. The van der Waals surface area contributed by atoms with Gasteiger partial charge in [-0.25, -0.2) is 4.79 Å². The number of hydrogen-bond donors (Lipinski definition) is 1. The van der Waals surface area contributed by atoms with Crippen molar-refractivity contribution in [2.45, 2.75) is 20.0 Å². The summed E-state index contributed by atoms with van der Waals surface area (Å²) in [7, 11) is 0. The van der Waals surface area contributed by atoms with E-state index in [4.69, 9.17) is 4.99 Å². The molecule has 5 heteroatoms. The van der Waals surface area contributed by atoms with Crippen molar-refractivity contribution in [1.82, 2.24) is 4.57 Å². The van der Waals surface area contributed by atoms with Crippen LogP contribution < -0.4 is 4.80 Å². The minimum Gasteiger partial charge on any atom is -0.478 e. The Morgan fingerprint density at radius 2 is 1.71 bits per heavy atom. The zero-order valence-corrected chi connectivity index (χ0v) is 16.3. The lowest BCUT2D eigenvalue weighted by atomic mass is 10.0. The van der Waals surface area contributed by atoms with Gasteiger partial charge in [0.2, 0.25) is 0 Å². The molecule has 0 spiro atoms. The first-order valence-corrected chi connectivity index (χ1v) is 9.88. The topological polar surface area (TPSA) is 54.6 Å². The monoisotopic (exact) mass is 388 g/mol. The number of hydrogen-bond acceptors (Lipinski definition) is 3. The number of aryl methyl sites for hydroxylation is 1. The normalized spacial score (nSPS) is 11.8. The molecule has 0 saturated heterocycles. The first-order valence-electron chi connectivity index (χ1n) is 9.07. The molecule has 28 heavy (non-hydrogen) atoms. The van der Waals surface area contributed by atoms with Crippen molar-refractivity contribution in [2.24, 2.45) is 4.99 Å². The first kappa shape index (κ1) is 18.2. The lowest BCUT2D eigenvalue weighted by molar-refractivity contribution is 0.0695. The zero-order chi connectivity index (χ0) is 19.5. The van der Waals surface area contributed by atoms with Crippen molar-refractivity contribution >= 4 is 28.1 Å². The third-order valence-corrected chi connectivity index (χ3v) is 5.66. The number of carboxylic acid groups (broad SMARTS) is 1. The number of fused-ring (bicyclic) bond motifs is 1. The first-order chi connectivity index (χ1) is 13.6. The van der Waals surface area contributed by atoms with Crippen LogP contribution in [0.15, 0.2) is 77.9 Å². The smallest absolute Gasteiger partial charge is 0.336 e. The molecule has 0 aliphatic heterocycles. The molecule has 0 aliphatic carbocycles. The van der Waals surface area contributed by atoms with Crippen LogP contribution in [0, 0.1) is 6.92 Å². The third-order valence-electron chi connectivity index (χ3n) is 4.69. The van der Waals surface area contributed by atoms with Crippen LogP contribution in [0.3, 0.4) is 0 Å². The summed E-state index contributed by atoms with van der Waals surface area (Å²) in [6.45, 7) is 3.14. The fourth-order valence-corrected chi connectivity index (χ4v) is 4.21. The summed E-state index contributed by atoms with van der Waals surface area (Å²) in [4.78, 5) is 18.2. The van der Waals surface area contributed by atoms with Gasteiger partial charge in [0.1, 0.15) is 0 Å². The SMILES string of the molecule is Cc1cn(Cc2cccc3ccccc23)c(=NCc2ccccc2C(=O)O)s1. The molecule has 0 aliphatic rings. The van der Waals surface area contributed by atoms with Gasteiger partial charge in [-0.15, -0.1) is 11.3 Å². The van der Waals surface area contributed by atoms with Crippen LogP contribution in [0.2, 0.25) is 0 Å². The maximum atomic E-state index is 11.4. The van der Waals surface area contributed by atoms with Gasteiger partial charge in [0.15, 0.2) is 4.80 Å². The van der Waals surface area contributed by atoms with Crippen LogP contribution in [0.4, 0.5) is 0 Å². The highest BCUT2D eigenvalue weighted by molar-refractivity contribution is 7.09. The van der Waals surface area contributed by atoms with Crippen molar-refractivity contribution in [3.63, 3.8) is 0 Å². The third kappa shape index (κ3) is 3.75. The zero-order valence-electron chi connectivity index (χ0n) is 15.5. The summed E-state index contributed by atoms with van der Waals surface area (Å²) in [6, 6.07) is 21.8. The van der Waals surface area contributed by atoms with E-state index in [1.54, 1.807) is 23.5 Å². The van der Waals surface area contributed by atoms with E-state index in [2.05, 4.69) is 60.2 Å². The number of carboxylic acids is 1. The van der Waals surface area contributed by atoms with Crippen molar-refractivity contribution in [1.29, 1.82) is 0 Å². The van der Waals surface area contributed by atoms with Crippen LogP contribution in [0.5, 0.6) is 0 Å². The Balaban J connectivity index is 1.70. The van der Waals surface area contributed by atoms with E-state index in [9.17, 15) is 9.90 Å². The Hall–Kier alpha value is -3.18. The average molecular weight is 388 g/mol. The summed E-state index contributed by atoms with van der Waals surface area (Å²) >= 11 is 1.62. The van der Waals surface area contributed by atoms with Gasteiger partial charge in [0, 0.05) is 11.1 Å². The maximum Gasteiger partial charge on any atom is 0.336 e. The quantitative estimate of drug-likeness (QED) is 0.531. The van der Waals surface area contributed by atoms with Gasteiger partial charge in [0.25, 0.3) is 0 Å². The lowest BCUT2D eigenvalue weighted by Gasteiger charge is -2.08. The number of nitrogens with zero attached hydrogens (tertiary/aromatic N) is 2. The number of thiazole rings is 1. The lowest BCUT2D eigenvalue weighted by Crippen LogP contribution is -2.15. The predicted octanol–water partition coefficient (Wildman–Crippen LogP) is 4.86. The number of aromatic carboxylic acids is 1. The molecule has 1 heterocycles. The van der Waals surface area contributed by atoms with Crippen LogP contribution >= 0.6 is 11.3 Å². The fourth-order valence-electron chi connectivity index (χ4n) is 3.37. The van der Waals surface area contributed by atoms with E-state index >= 15 is 0 Å². The molecule has 4 nitrogen and oxygen atoms in total. The Labute approximate surface area is 167 Å². The van der Waals surface area contributed by atoms with Crippen LogP contribution in [0.1, 0.15) is 26.4 Å². The molecule has 0 bridgehead atoms. The summed E-state index contributed by atoms with van der Waals surface area (Å²) in [5, 5.41) is 11.8. The van der Waals surface area contributed by atoms with E-state index < -0.39 is 5.97 Å². The van der Waals surface area contributed by atoms with Gasteiger partial charge in [-0.3, -0.25) is 4.99 Å². The molecule has 3 aromatic carbocycles. The summed E-state index contributed by atoms with van der Waals surface area (Å²) in [5.74, 6) is -0.920. The van der Waals surface area contributed by atoms with E-state index in [-0.39, 0.29) is 0 Å². The van der Waals surface area contributed by atoms with E-state index in [0.29, 0.717) is 12.1 Å². The van der Waals surface area contributed by atoms with Crippen LogP contribution in [-0.2, 0) is 13.1 Å². The molecule has 0 atom stereocenters. The minimum absolute atomic E-state index is 0.306. The minimum atomic E-state index is -0.920. The molecule has 0 radical (unpaired) electrons. The molecule has 0 unspecified atom stereocenters. The summed E-state index contributed by atoms with van der Waals surface area (Å²) in [6.07, 6.45) is 2.11. The highest BCUT2D eigenvalue weighted by Gasteiger charge is 2.09. The summed E-state index contributed by atoms with van der Waals surface area (Å²) < 4.78 is 2.14. The second-order valence-corrected chi connectivity index (χ2v) is 7.88. The number of benzene rings is 3. The summed E-state index contributed by atoms with van der Waals surface area (Å²) in [5.41, 5.74) is 2.26. The van der Waals surface area contributed by atoms with Crippen molar-refractivity contribution in [3.8, 4) is 0 Å². The van der Waals surface area contributed by atoms with Gasteiger partial charge in [-0.05, 0) is 34.9 Å². The van der Waals surface area contributed by atoms with Gasteiger partial charge >= 0.3 is 5.97 Å². The number of carbonyl (C=O) groups is 1. The molecule has 0 amide bonds. The molecule has 0 fully saturated rings. The standard InChI is InChI=1S/C23H20N2O2S/c1-16-14-25(15-19-10-6-9-17-7-2-4-11-20(17)19)23(28-16)24-13-18-8-3-5-12-21(18)22(26)27/h2-12,14H,13,15H2,1H3,(H,26,27). The van der Waals surface area contributed by atoms with Crippen molar-refractivity contribution < 1.29 is 9.90 Å². The van der Waals surface area contributed by atoms with Crippen molar-refractivity contribution in [3.05, 3.63) is 99.3 Å². The Morgan fingerprint density at radius 3 is 2.57 bits per heavy atom. The number of aromatic nitrogens is 1. The number of rotatable bonds is 5. The van der Waals surface area contributed by atoms with Gasteiger partial charge < -0.3 is 9.67 Å². The molecular weight excluding hydrogens is 368 g/mol. The molecule has 4 rings (SSSR count). The van der Waals surface area contributed by atoms with E-state index in [0.717, 1.165) is 16.9 Å². The maximum absolute atomic E-state index is 11.4. The second-order valence-electron chi connectivity index (χ2n) is 6.67. The molecule has 1 aromatic heterocycles. The molecular formula is C23H20N2O2S. The fraction of sp³-hybridized carbons (Fsp3) is 0.130. The van der Waals surface area contributed by atoms with E-state index in [1.165, 1.54) is 21.2 Å². The van der Waals surface area contributed by atoms with Crippen molar-refractivity contribution in [2.75, 3.05) is 0 Å². The highest BCUT2D eigenvalue weighted by atomic mass is 32.1. The van der Waals surface area contributed by atoms with Gasteiger partial charge in [0.05, 0.1) is 18.7 Å².